The highest BCUT2D eigenvalue weighted by atomic mass is 16.5. The molecule has 0 radical (unpaired) electrons. The molecule has 1 aliphatic heterocycles. The molecular formula is C32H31N5O3. The second-order valence-electron chi connectivity index (χ2n) is 9.85. The van der Waals surface area contributed by atoms with Gasteiger partial charge in [-0.2, -0.15) is 0 Å². The first-order chi connectivity index (χ1) is 19.6. The lowest BCUT2D eigenvalue weighted by atomic mass is 10.1. The Labute approximate surface area is 233 Å². The lowest BCUT2D eigenvalue weighted by Gasteiger charge is -2.35. The van der Waals surface area contributed by atoms with Gasteiger partial charge in [-0.15, -0.1) is 0 Å². The van der Waals surface area contributed by atoms with E-state index in [-0.39, 0.29) is 12.5 Å². The summed E-state index contributed by atoms with van der Waals surface area (Å²) >= 11 is 0. The van der Waals surface area contributed by atoms with E-state index >= 15 is 0 Å². The number of carbonyl (C=O) groups excluding carboxylic acids is 1. The van der Waals surface area contributed by atoms with Crippen molar-refractivity contribution < 1.29 is 14.3 Å². The molecule has 5 aromatic rings. The number of nitrogens with zero attached hydrogens (tertiary/aromatic N) is 5. The third-order valence-electron chi connectivity index (χ3n) is 7.26. The summed E-state index contributed by atoms with van der Waals surface area (Å²) in [6, 6.07) is 26.0. The standard InChI is InChI=1S/C32H31N5O3/c1-23-8-6-13-27(18-23)40-21-29(38)35-14-16-36(17-15-35)31-30-28(24-9-4-3-5-10-24)20-37(32(30)34-22-33-31)25-11-7-12-26(19-25)39-2/h3-13,18-20,22H,14-17,21H2,1-2H3. The second kappa shape index (κ2) is 11.1. The van der Waals surface area contributed by atoms with Crippen molar-refractivity contribution in [3.05, 3.63) is 97.0 Å². The molecule has 0 aliphatic carbocycles. The fourth-order valence-corrected chi connectivity index (χ4v) is 5.19. The highest BCUT2D eigenvalue weighted by Crippen LogP contribution is 2.37. The van der Waals surface area contributed by atoms with Gasteiger partial charge in [-0.3, -0.25) is 4.79 Å². The van der Waals surface area contributed by atoms with Crippen LogP contribution in [0.3, 0.4) is 0 Å². The number of ether oxygens (including phenoxy) is 2. The van der Waals surface area contributed by atoms with Gasteiger partial charge in [0.25, 0.3) is 5.91 Å². The van der Waals surface area contributed by atoms with Crippen molar-refractivity contribution >= 4 is 22.8 Å². The third kappa shape index (κ3) is 5.08. The summed E-state index contributed by atoms with van der Waals surface area (Å²) in [6.45, 7) is 4.56. The van der Waals surface area contributed by atoms with E-state index in [0.29, 0.717) is 31.9 Å². The van der Waals surface area contributed by atoms with E-state index in [1.807, 2.05) is 78.6 Å². The molecule has 1 saturated heterocycles. The Balaban J connectivity index is 1.28. The van der Waals surface area contributed by atoms with Gasteiger partial charge in [-0.1, -0.05) is 48.5 Å². The van der Waals surface area contributed by atoms with Crippen molar-refractivity contribution in [3.63, 3.8) is 0 Å². The largest absolute Gasteiger partial charge is 0.497 e. The van der Waals surface area contributed by atoms with Gasteiger partial charge >= 0.3 is 0 Å². The number of benzene rings is 3. The molecule has 0 atom stereocenters. The lowest BCUT2D eigenvalue weighted by Crippen LogP contribution is -2.50. The molecule has 2 aromatic heterocycles. The van der Waals surface area contributed by atoms with Gasteiger partial charge in [0.05, 0.1) is 18.2 Å². The van der Waals surface area contributed by atoms with Gasteiger partial charge in [0.15, 0.2) is 12.3 Å². The van der Waals surface area contributed by atoms with Crippen LogP contribution in [0.25, 0.3) is 27.8 Å². The highest BCUT2D eigenvalue weighted by molar-refractivity contribution is 6.02. The number of rotatable bonds is 7. The number of aryl methyl sites for hydroxylation is 1. The normalized spacial score (nSPS) is 13.4. The van der Waals surface area contributed by atoms with Gasteiger partial charge in [0.1, 0.15) is 23.6 Å². The number of aromatic nitrogens is 3. The molecule has 3 heterocycles. The SMILES string of the molecule is COc1cccc(-n2cc(-c3ccccc3)c3c(N4CCN(C(=O)COc5cccc(C)c5)CC4)ncnc32)c1. The van der Waals surface area contributed by atoms with Crippen molar-refractivity contribution in [1.82, 2.24) is 19.4 Å². The van der Waals surface area contributed by atoms with E-state index in [1.54, 1.807) is 13.4 Å². The maximum absolute atomic E-state index is 12.9. The van der Waals surface area contributed by atoms with Crippen LogP contribution in [0.5, 0.6) is 11.5 Å². The number of anilines is 1. The highest BCUT2D eigenvalue weighted by Gasteiger charge is 2.26. The average Bonchev–Trinajstić information content (AvgIpc) is 3.40. The maximum Gasteiger partial charge on any atom is 0.260 e. The van der Waals surface area contributed by atoms with Crippen molar-refractivity contribution in [3.8, 4) is 28.3 Å². The van der Waals surface area contributed by atoms with E-state index in [4.69, 9.17) is 19.4 Å². The van der Waals surface area contributed by atoms with Crippen LogP contribution >= 0.6 is 0 Å². The molecule has 8 heteroatoms. The first kappa shape index (κ1) is 25.4. The minimum absolute atomic E-state index is 0.0110. The van der Waals surface area contributed by atoms with E-state index in [0.717, 1.165) is 45.0 Å². The van der Waals surface area contributed by atoms with Gasteiger partial charge < -0.3 is 23.8 Å². The molecule has 0 spiro atoms. The van der Waals surface area contributed by atoms with E-state index in [1.165, 1.54) is 0 Å². The van der Waals surface area contributed by atoms with Crippen LogP contribution in [0.4, 0.5) is 5.82 Å². The van der Waals surface area contributed by atoms with Crippen molar-refractivity contribution in [2.75, 3.05) is 44.8 Å². The van der Waals surface area contributed by atoms with Gasteiger partial charge in [0.2, 0.25) is 0 Å². The molecule has 3 aromatic carbocycles. The van der Waals surface area contributed by atoms with Crippen LogP contribution in [0.1, 0.15) is 5.56 Å². The fraction of sp³-hybridized carbons (Fsp3) is 0.219. The number of methoxy groups -OCH3 is 1. The third-order valence-corrected chi connectivity index (χ3v) is 7.26. The Hall–Kier alpha value is -4.85. The number of hydrogen-bond donors (Lipinski definition) is 0. The number of piperazine rings is 1. The van der Waals surface area contributed by atoms with Crippen molar-refractivity contribution in [2.45, 2.75) is 6.92 Å². The Morgan fingerprint density at radius 1 is 0.875 bits per heavy atom. The summed E-state index contributed by atoms with van der Waals surface area (Å²) in [5.74, 6) is 2.35. The summed E-state index contributed by atoms with van der Waals surface area (Å²) in [6.07, 6.45) is 3.74. The van der Waals surface area contributed by atoms with Crippen LogP contribution in [0.15, 0.2) is 91.4 Å². The second-order valence-corrected chi connectivity index (χ2v) is 9.85. The predicted molar refractivity (Wildman–Crippen MR) is 156 cm³/mol. The monoisotopic (exact) mass is 533 g/mol. The predicted octanol–water partition coefficient (Wildman–Crippen LogP) is 5.13. The summed E-state index contributed by atoms with van der Waals surface area (Å²) in [7, 11) is 1.67. The van der Waals surface area contributed by atoms with Crippen LogP contribution in [0, 0.1) is 6.92 Å². The summed E-state index contributed by atoms with van der Waals surface area (Å²) in [5, 5.41) is 0.985. The minimum Gasteiger partial charge on any atom is -0.497 e. The summed E-state index contributed by atoms with van der Waals surface area (Å²) < 4.78 is 13.3. The topological polar surface area (TPSA) is 72.7 Å². The minimum atomic E-state index is -0.0110. The molecule has 8 nitrogen and oxygen atoms in total. The summed E-state index contributed by atoms with van der Waals surface area (Å²) in [4.78, 5) is 26.5. The van der Waals surface area contributed by atoms with Crippen molar-refractivity contribution in [1.29, 1.82) is 0 Å². The zero-order chi connectivity index (χ0) is 27.5. The quantitative estimate of drug-likeness (QED) is 0.289. The molecule has 1 aliphatic rings. The van der Waals surface area contributed by atoms with Crippen LogP contribution in [-0.4, -0.2) is 65.2 Å². The molecule has 0 N–H and O–H groups in total. The molecule has 0 saturated carbocycles. The molecule has 6 rings (SSSR count). The van der Waals surface area contributed by atoms with E-state index < -0.39 is 0 Å². The van der Waals surface area contributed by atoms with Crippen molar-refractivity contribution in [2.24, 2.45) is 0 Å². The smallest absolute Gasteiger partial charge is 0.260 e. The molecular weight excluding hydrogens is 502 g/mol. The van der Waals surface area contributed by atoms with E-state index in [9.17, 15) is 4.79 Å². The summed E-state index contributed by atoms with van der Waals surface area (Å²) in [5.41, 5.74) is 5.03. The van der Waals surface area contributed by atoms with Gasteiger partial charge in [0, 0.05) is 44.0 Å². The first-order valence-electron chi connectivity index (χ1n) is 13.4. The molecule has 1 amide bonds. The average molecular weight is 534 g/mol. The number of carbonyl (C=O) groups is 1. The van der Waals surface area contributed by atoms with Gasteiger partial charge in [-0.05, 0) is 42.3 Å². The molecule has 40 heavy (non-hydrogen) atoms. The lowest BCUT2D eigenvalue weighted by molar-refractivity contribution is -0.133. The number of hydrogen-bond acceptors (Lipinski definition) is 6. The number of amides is 1. The Kier molecular flexibility index (Phi) is 7.06. The molecule has 0 bridgehead atoms. The zero-order valence-electron chi connectivity index (χ0n) is 22.7. The first-order valence-corrected chi connectivity index (χ1v) is 13.4. The number of fused-ring (bicyclic) bond motifs is 1. The molecule has 202 valence electrons. The van der Waals surface area contributed by atoms with Crippen LogP contribution < -0.4 is 14.4 Å². The Morgan fingerprint density at radius 3 is 2.42 bits per heavy atom. The van der Waals surface area contributed by atoms with E-state index in [2.05, 4.69) is 27.8 Å². The maximum atomic E-state index is 12.9. The Bertz CT molecular complexity index is 1640. The fourth-order valence-electron chi connectivity index (χ4n) is 5.19. The molecule has 0 unspecified atom stereocenters. The van der Waals surface area contributed by atoms with Crippen LogP contribution in [-0.2, 0) is 4.79 Å². The van der Waals surface area contributed by atoms with Gasteiger partial charge in [-0.25, -0.2) is 9.97 Å². The van der Waals surface area contributed by atoms with Crippen LogP contribution in [0.2, 0.25) is 0 Å². The Morgan fingerprint density at radius 2 is 1.65 bits per heavy atom. The molecule has 1 fully saturated rings. The zero-order valence-corrected chi connectivity index (χ0v) is 22.7.